The fourth-order valence-electron chi connectivity index (χ4n) is 4.93. The van der Waals surface area contributed by atoms with Crippen LogP contribution in [0.25, 0.3) is 11.3 Å². The first kappa shape index (κ1) is 28.2. The van der Waals surface area contributed by atoms with Crippen LogP contribution < -0.4 is 10.8 Å². The largest absolute Gasteiger partial charge is 0.453 e. The van der Waals surface area contributed by atoms with E-state index in [0.29, 0.717) is 6.54 Å². The van der Waals surface area contributed by atoms with Gasteiger partial charge in [-0.05, 0) is 64.9 Å². The van der Waals surface area contributed by atoms with Crippen LogP contribution in [0.15, 0.2) is 18.2 Å². The van der Waals surface area contributed by atoms with Crippen LogP contribution >= 0.6 is 0 Å². The molecule has 38 heavy (non-hydrogen) atoms. The topological polar surface area (TPSA) is 117 Å². The number of fused-ring (bicyclic) bond motifs is 3. The molecule has 3 N–H and O–H groups in total. The molecule has 0 saturated carbocycles. The lowest BCUT2D eigenvalue weighted by Gasteiger charge is -2.37. The van der Waals surface area contributed by atoms with Gasteiger partial charge in [0.2, 0.25) is 5.91 Å². The number of aryl methyl sites for hydroxylation is 2. The van der Waals surface area contributed by atoms with Gasteiger partial charge in [-0.1, -0.05) is 37.5 Å². The van der Waals surface area contributed by atoms with Crippen molar-refractivity contribution in [2.75, 3.05) is 13.7 Å². The Morgan fingerprint density at radius 3 is 2.63 bits per heavy atom. The zero-order chi connectivity index (χ0) is 27.8. The zero-order valence-electron chi connectivity index (χ0n) is 23.6. The lowest BCUT2D eigenvalue weighted by atomic mass is 9.80. The van der Waals surface area contributed by atoms with Crippen LogP contribution in [0, 0.1) is 5.92 Å². The lowest BCUT2D eigenvalue weighted by Crippen LogP contribution is -2.51. The Bertz CT molecular complexity index is 1190. The number of H-pyrrole nitrogens is 1. The summed E-state index contributed by atoms with van der Waals surface area (Å²) in [5.41, 5.74) is 3.49. The Balaban J connectivity index is 1.53. The third-order valence-corrected chi connectivity index (χ3v) is 8.03. The number of aromatic nitrogens is 2. The molecule has 0 unspecified atom stereocenters. The number of benzene rings is 1. The summed E-state index contributed by atoms with van der Waals surface area (Å²) in [6.45, 7) is 11.7. The molecule has 205 valence electrons. The molecular weight excluding hydrogens is 483 g/mol. The number of nitrogens with zero attached hydrogens (tertiary/aromatic N) is 2. The lowest BCUT2D eigenvalue weighted by molar-refractivity contribution is -0.135. The number of likely N-dealkylation sites (tertiary alicyclic amines) is 1. The van der Waals surface area contributed by atoms with E-state index in [9.17, 15) is 14.7 Å². The third-order valence-electron chi connectivity index (χ3n) is 8.03. The molecule has 4 rings (SSSR count). The highest BCUT2D eigenvalue weighted by molar-refractivity contribution is 6.47. The summed E-state index contributed by atoms with van der Waals surface area (Å²) in [6, 6.07) is 5.36. The van der Waals surface area contributed by atoms with Crippen molar-refractivity contribution < 1.29 is 24.1 Å². The van der Waals surface area contributed by atoms with Gasteiger partial charge in [0.15, 0.2) is 0 Å². The molecule has 0 spiro atoms. The highest BCUT2D eigenvalue weighted by Crippen LogP contribution is 2.37. The average molecular weight is 523 g/mol. The van der Waals surface area contributed by atoms with Crippen molar-refractivity contribution in [1.29, 1.82) is 0 Å². The van der Waals surface area contributed by atoms with Crippen LogP contribution in [0.3, 0.4) is 0 Å². The second-order valence-corrected chi connectivity index (χ2v) is 11.7. The van der Waals surface area contributed by atoms with Crippen molar-refractivity contribution in [2.45, 2.75) is 90.5 Å². The Hall–Kier alpha value is -2.85. The van der Waals surface area contributed by atoms with E-state index in [1.54, 1.807) is 21.3 Å². The summed E-state index contributed by atoms with van der Waals surface area (Å²) < 4.78 is 10.7. The molecule has 1 radical (unpaired) electrons. The molecule has 2 aromatic rings. The number of hydrogen-bond acceptors (Lipinski definition) is 6. The number of rotatable bonds is 8. The highest BCUT2D eigenvalue weighted by atomic mass is 16.5. The number of nitrogens with one attached hydrogen (secondary N) is 2. The molecular formula is C28H40BN4O5. The van der Waals surface area contributed by atoms with Crippen molar-refractivity contribution in [2.24, 2.45) is 5.92 Å². The van der Waals surface area contributed by atoms with Gasteiger partial charge in [-0.15, -0.1) is 0 Å². The van der Waals surface area contributed by atoms with E-state index in [1.165, 1.54) is 12.7 Å². The zero-order valence-corrected chi connectivity index (χ0v) is 23.6. The van der Waals surface area contributed by atoms with Gasteiger partial charge in [-0.25, -0.2) is 9.78 Å². The quantitative estimate of drug-likeness (QED) is 0.458. The number of hydrogen-bond donors (Lipinski definition) is 3. The maximum atomic E-state index is 13.5. The summed E-state index contributed by atoms with van der Waals surface area (Å²) in [6.07, 6.45) is 2.78. The van der Waals surface area contributed by atoms with Crippen molar-refractivity contribution in [1.82, 2.24) is 20.2 Å². The fourth-order valence-corrected chi connectivity index (χ4v) is 4.93. The molecule has 1 aliphatic heterocycles. The third kappa shape index (κ3) is 5.61. The van der Waals surface area contributed by atoms with E-state index in [2.05, 4.69) is 22.4 Å². The maximum absolute atomic E-state index is 13.5. The molecule has 0 bridgehead atoms. The minimum atomic E-state index is -0.988. The number of aromatic amines is 1. The van der Waals surface area contributed by atoms with Crippen LogP contribution in [0.1, 0.15) is 77.5 Å². The summed E-state index contributed by atoms with van der Waals surface area (Å²) >= 11 is 0. The average Bonchev–Trinajstić information content (AvgIpc) is 3.51. The van der Waals surface area contributed by atoms with E-state index < -0.39 is 23.3 Å². The maximum Gasteiger partial charge on any atom is 0.407 e. The molecule has 2 amide bonds. The molecule has 1 fully saturated rings. The van der Waals surface area contributed by atoms with Crippen LogP contribution in [-0.4, -0.2) is 70.4 Å². The minimum absolute atomic E-state index is 0.0801. The second-order valence-electron chi connectivity index (χ2n) is 11.7. The SMILES string of the molecule is COC(=O)N[C@H](C(=O)N1CCC[C@H]1c1nc2c([nH]1)CCc1cc([B]OC(C)(C)C(C)(C)O)ccc1-2)C(C)C. The summed E-state index contributed by atoms with van der Waals surface area (Å²) in [7, 11) is 3.00. The number of ether oxygens (including phenoxy) is 1. The molecule has 1 aliphatic carbocycles. The number of aliphatic hydroxyl groups is 1. The van der Waals surface area contributed by atoms with Gasteiger partial charge in [-0.3, -0.25) is 4.79 Å². The first-order valence-corrected chi connectivity index (χ1v) is 13.4. The number of imidazole rings is 1. The molecule has 1 aromatic heterocycles. The normalized spacial score (nSPS) is 18.1. The summed E-state index contributed by atoms with van der Waals surface area (Å²) in [5, 5.41) is 13.1. The van der Waals surface area contributed by atoms with Crippen molar-refractivity contribution in [3.8, 4) is 11.3 Å². The molecule has 2 aliphatic rings. The number of carbonyl (C=O) groups excluding carboxylic acids is 2. The van der Waals surface area contributed by atoms with Crippen molar-refractivity contribution >= 4 is 24.9 Å². The van der Waals surface area contributed by atoms with Crippen LogP contribution in [0.4, 0.5) is 4.79 Å². The predicted molar refractivity (Wildman–Crippen MR) is 146 cm³/mol. The molecule has 2 atom stereocenters. The summed E-state index contributed by atoms with van der Waals surface area (Å²) in [4.78, 5) is 35.7. The van der Waals surface area contributed by atoms with Crippen LogP contribution in [0.2, 0.25) is 0 Å². The standard InChI is InChI=1S/C28H40BN4O5/c1-16(2)22(32-26(35)37-7)25(34)33-14-8-9-21(33)24-30-20-13-10-17-15-18(11-12-19(17)23(20)31-24)29-38-28(5,6)27(3,4)36/h11-12,15-16,21-22,36H,8-10,13-14H2,1-7H3,(H,30,31)(H,32,35)/t21-,22-/m0/s1. The fraction of sp³-hybridized carbons (Fsp3) is 0.607. The van der Waals surface area contributed by atoms with Crippen LogP contribution in [0.5, 0.6) is 0 Å². The molecule has 9 nitrogen and oxygen atoms in total. The predicted octanol–water partition coefficient (Wildman–Crippen LogP) is 3.03. The first-order chi connectivity index (χ1) is 17.8. The number of carbonyl (C=O) groups is 2. The van der Waals surface area contributed by atoms with E-state index in [4.69, 9.17) is 14.4 Å². The second kappa shape index (κ2) is 10.7. The molecule has 1 aromatic carbocycles. The monoisotopic (exact) mass is 523 g/mol. The smallest absolute Gasteiger partial charge is 0.407 e. The first-order valence-electron chi connectivity index (χ1n) is 13.4. The van der Waals surface area contributed by atoms with Gasteiger partial charge in [0.25, 0.3) is 0 Å². The highest BCUT2D eigenvalue weighted by Gasteiger charge is 2.39. The van der Waals surface area contributed by atoms with E-state index in [-0.39, 0.29) is 17.9 Å². The molecule has 10 heteroatoms. The summed E-state index contributed by atoms with van der Waals surface area (Å²) in [5.74, 6) is 0.598. The van der Waals surface area contributed by atoms with Crippen LogP contribution in [-0.2, 0) is 27.0 Å². The Morgan fingerprint density at radius 1 is 1.24 bits per heavy atom. The Morgan fingerprint density at radius 2 is 1.97 bits per heavy atom. The van der Waals surface area contributed by atoms with E-state index >= 15 is 0 Å². The number of amides is 2. The Kier molecular flexibility index (Phi) is 7.95. The van der Waals surface area contributed by atoms with Gasteiger partial charge < -0.3 is 29.7 Å². The molecule has 2 heterocycles. The van der Waals surface area contributed by atoms with Crippen molar-refractivity contribution in [3.05, 3.63) is 35.3 Å². The van der Waals surface area contributed by atoms with E-state index in [1.807, 2.05) is 38.7 Å². The molecule has 1 saturated heterocycles. The number of methoxy groups -OCH3 is 1. The number of alkyl carbamates (subject to hydrolysis) is 1. The minimum Gasteiger partial charge on any atom is -0.453 e. The van der Waals surface area contributed by atoms with Gasteiger partial charge in [0, 0.05) is 17.8 Å². The van der Waals surface area contributed by atoms with Gasteiger partial charge >= 0.3 is 13.6 Å². The van der Waals surface area contributed by atoms with E-state index in [0.717, 1.165) is 53.9 Å². The van der Waals surface area contributed by atoms with Gasteiger partial charge in [0.1, 0.15) is 11.9 Å². The van der Waals surface area contributed by atoms with Crippen molar-refractivity contribution in [3.63, 3.8) is 0 Å². The van der Waals surface area contributed by atoms with Gasteiger partial charge in [-0.2, -0.15) is 0 Å². The Labute approximate surface area is 226 Å². The van der Waals surface area contributed by atoms with Gasteiger partial charge in [0.05, 0.1) is 30.0 Å².